The van der Waals surface area contributed by atoms with Gasteiger partial charge in [0.05, 0.1) is 17.3 Å². The molecule has 5 aliphatic rings. The van der Waals surface area contributed by atoms with E-state index in [-0.39, 0.29) is 23.0 Å². The van der Waals surface area contributed by atoms with Crippen LogP contribution in [0, 0.1) is 22.7 Å². The molecule has 2 saturated heterocycles. The molecule has 260 valence electrons. The van der Waals surface area contributed by atoms with Gasteiger partial charge in [0.15, 0.2) is 0 Å². The van der Waals surface area contributed by atoms with Gasteiger partial charge >= 0.3 is 6.03 Å². The Kier molecular flexibility index (Phi) is 10.3. The van der Waals surface area contributed by atoms with Crippen LogP contribution in [-0.2, 0) is 29.0 Å². The number of ketones is 1. The summed E-state index contributed by atoms with van der Waals surface area (Å²) in [7, 11) is -3.40. The summed E-state index contributed by atoms with van der Waals surface area (Å²) in [5.74, 6) is -2.66. The van der Waals surface area contributed by atoms with E-state index in [0.29, 0.717) is 45.1 Å². The van der Waals surface area contributed by atoms with E-state index in [1.165, 1.54) is 0 Å². The minimum absolute atomic E-state index is 0.124. The monoisotopic (exact) mass is 665 g/mol. The van der Waals surface area contributed by atoms with Crippen molar-refractivity contribution in [1.29, 1.82) is 0 Å². The maximum Gasteiger partial charge on any atom is 0.315 e. The van der Waals surface area contributed by atoms with Gasteiger partial charge < -0.3 is 26.6 Å². The second kappa shape index (κ2) is 13.1. The van der Waals surface area contributed by atoms with Crippen molar-refractivity contribution in [1.82, 2.24) is 20.9 Å². The Labute approximate surface area is 274 Å². The molecule has 5 amide bonds. The number of fused-ring (bicyclic) bond motifs is 3. The summed E-state index contributed by atoms with van der Waals surface area (Å²) in [5.41, 5.74) is 2.14. The van der Waals surface area contributed by atoms with Gasteiger partial charge in [-0.3, -0.25) is 19.2 Å². The number of hydrogen-bond donors (Lipinski definition) is 4. The average Bonchev–Trinajstić information content (AvgIpc) is 2.90. The molecule has 0 radical (unpaired) electrons. The molecule has 4 atom stereocenters. The van der Waals surface area contributed by atoms with Gasteiger partial charge in [0.2, 0.25) is 17.6 Å². The van der Waals surface area contributed by atoms with Crippen molar-refractivity contribution in [2.75, 3.05) is 18.6 Å². The van der Waals surface area contributed by atoms with Crippen molar-refractivity contribution < 1.29 is 32.4 Å². The molecular formula is C33H55N5O7S. The predicted octanol–water partition coefficient (Wildman–Crippen LogP) is 2.58. The summed E-state index contributed by atoms with van der Waals surface area (Å²) in [5, 5.41) is 8.69. The smallest absolute Gasteiger partial charge is 0.315 e. The number of nitrogens with zero attached hydrogens (tertiary/aromatic N) is 1. The van der Waals surface area contributed by atoms with Gasteiger partial charge in [-0.15, -0.1) is 0 Å². The summed E-state index contributed by atoms with van der Waals surface area (Å²) >= 11 is 0. The van der Waals surface area contributed by atoms with Crippen LogP contribution in [0.15, 0.2) is 0 Å². The third-order valence-electron chi connectivity index (χ3n) is 11.1. The van der Waals surface area contributed by atoms with Gasteiger partial charge in [0.25, 0.3) is 5.91 Å². The number of carbonyl (C=O) groups is 5. The second-order valence-corrected chi connectivity index (χ2v) is 18.6. The van der Waals surface area contributed by atoms with Gasteiger partial charge in [-0.25, -0.2) is 13.2 Å². The summed E-state index contributed by atoms with van der Waals surface area (Å²) in [6.07, 6.45) is 9.40. The van der Waals surface area contributed by atoms with Crippen LogP contribution in [0.1, 0.15) is 112 Å². The van der Waals surface area contributed by atoms with Gasteiger partial charge in [-0.1, -0.05) is 73.1 Å². The molecule has 5 rings (SSSR count). The van der Waals surface area contributed by atoms with Crippen molar-refractivity contribution >= 4 is 39.4 Å². The molecule has 2 aliphatic heterocycles. The van der Waals surface area contributed by atoms with E-state index in [0.717, 1.165) is 44.8 Å². The zero-order valence-corrected chi connectivity index (χ0v) is 29.3. The molecule has 12 nitrogen and oxygen atoms in total. The van der Waals surface area contributed by atoms with Gasteiger partial charge in [0.1, 0.15) is 21.4 Å². The number of sulfone groups is 1. The van der Waals surface area contributed by atoms with E-state index >= 15 is 0 Å². The number of carbonyl (C=O) groups excluding carboxylic acids is 5. The molecule has 2 bridgehead atoms. The molecule has 3 aliphatic carbocycles. The highest BCUT2D eigenvalue weighted by molar-refractivity contribution is 7.90. The highest BCUT2D eigenvalue weighted by atomic mass is 32.2. The van der Waals surface area contributed by atoms with E-state index in [9.17, 15) is 32.4 Å². The first kappa shape index (κ1) is 36.1. The summed E-state index contributed by atoms with van der Waals surface area (Å²) in [6.45, 7) is 9.98. The Bertz CT molecular complexity index is 1330. The SMILES string of the molecule is CC(C)(C)[C@H](NC(=O)NC1(CS(C)(=O)=O)CCCCC1)C(=O)N1C[C@H]2CC[C@@]1(C(=O)NC(CC1CCC1)C(=O)C(N)=O)CC2(C)C. The average molecular weight is 666 g/mol. The fraction of sp³-hybridized carbons (Fsp3) is 0.848. The molecule has 0 aromatic rings. The molecule has 5 fully saturated rings. The van der Waals surface area contributed by atoms with Crippen molar-refractivity contribution in [3.63, 3.8) is 0 Å². The van der Waals surface area contributed by atoms with Crippen molar-refractivity contribution in [3.05, 3.63) is 0 Å². The zero-order chi connectivity index (χ0) is 34.3. The van der Waals surface area contributed by atoms with Gasteiger partial charge in [-0.2, -0.15) is 0 Å². The van der Waals surface area contributed by atoms with E-state index in [4.69, 9.17) is 5.73 Å². The fourth-order valence-electron chi connectivity index (χ4n) is 8.38. The number of amides is 5. The number of nitrogens with two attached hydrogens (primary N) is 1. The van der Waals surface area contributed by atoms with Gasteiger partial charge in [0, 0.05) is 12.8 Å². The Balaban J connectivity index is 1.62. The van der Waals surface area contributed by atoms with Crippen LogP contribution in [0.3, 0.4) is 0 Å². The lowest BCUT2D eigenvalue weighted by atomic mass is 9.57. The maximum absolute atomic E-state index is 14.6. The molecule has 0 aromatic heterocycles. The molecular weight excluding hydrogens is 610 g/mol. The van der Waals surface area contributed by atoms with Crippen LogP contribution in [0.5, 0.6) is 0 Å². The second-order valence-electron chi connectivity index (χ2n) is 16.5. The van der Waals surface area contributed by atoms with E-state index in [1.807, 2.05) is 20.8 Å². The minimum atomic E-state index is -3.40. The third kappa shape index (κ3) is 7.87. The summed E-state index contributed by atoms with van der Waals surface area (Å²) in [6, 6.07) is -2.71. The van der Waals surface area contributed by atoms with E-state index in [2.05, 4.69) is 29.8 Å². The van der Waals surface area contributed by atoms with Crippen LogP contribution >= 0.6 is 0 Å². The number of urea groups is 1. The highest BCUT2D eigenvalue weighted by Gasteiger charge is 2.61. The quantitative estimate of drug-likeness (QED) is 0.244. The lowest BCUT2D eigenvalue weighted by molar-refractivity contribution is -0.173. The number of hydrogen-bond acceptors (Lipinski definition) is 7. The van der Waals surface area contributed by atoms with Crippen molar-refractivity contribution in [2.45, 2.75) is 135 Å². The summed E-state index contributed by atoms with van der Waals surface area (Å²) in [4.78, 5) is 69.0. The van der Waals surface area contributed by atoms with Crippen LogP contribution in [-0.4, -0.2) is 84.6 Å². The molecule has 2 heterocycles. The Morgan fingerprint density at radius 3 is 2.07 bits per heavy atom. The molecule has 46 heavy (non-hydrogen) atoms. The van der Waals surface area contributed by atoms with Crippen molar-refractivity contribution in [3.8, 4) is 0 Å². The molecule has 0 spiro atoms. The Hall–Kier alpha value is -2.70. The van der Waals surface area contributed by atoms with Crippen LogP contribution < -0.4 is 21.7 Å². The number of piperidine rings is 2. The number of rotatable bonds is 11. The van der Waals surface area contributed by atoms with Crippen LogP contribution in [0.2, 0.25) is 0 Å². The normalized spacial score (nSPS) is 27.1. The maximum atomic E-state index is 14.6. The van der Waals surface area contributed by atoms with Crippen molar-refractivity contribution in [2.24, 2.45) is 28.4 Å². The topological polar surface area (TPSA) is 185 Å². The first-order chi connectivity index (χ1) is 21.2. The van der Waals surface area contributed by atoms with E-state index < -0.39 is 67.9 Å². The summed E-state index contributed by atoms with van der Waals surface area (Å²) < 4.78 is 24.7. The largest absolute Gasteiger partial charge is 0.363 e. The first-order valence-corrected chi connectivity index (χ1v) is 19.0. The highest BCUT2D eigenvalue weighted by Crippen LogP contribution is 2.53. The minimum Gasteiger partial charge on any atom is -0.363 e. The lowest BCUT2D eigenvalue weighted by Gasteiger charge is -2.60. The zero-order valence-electron chi connectivity index (χ0n) is 28.5. The molecule has 1 unspecified atom stereocenters. The Morgan fingerprint density at radius 1 is 0.935 bits per heavy atom. The molecule has 0 aromatic carbocycles. The van der Waals surface area contributed by atoms with Crippen LogP contribution in [0.25, 0.3) is 0 Å². The first-order valence-electron chi connectivity index (χ1n) is 16.9. The van der Waals surface area contributed by atoms with E-state index in [1.54, 1.807) is 4.90 Å². The predicted molar refractivity (Wildman–Crippen MR) is 174 cm³/mol. The molecule has 13 heteroatoms. The standard InChI is InChI=1S/C33H55N5O7S/c1-30(2,3)25(36-29(43)37-32(20-46(6,44)45)14-8-7-9-15-32)27(41)38-18-22-13-16-33(38,19-31(22,4)5)28(42)35-23(24(39)26(34)40)17-21-11-10-12-21/h21-23,25H,7-20H2,1-6H3,(H2,34,40)(H,35,42)(H2,36,37,43)/t22-,23?,25-,33+/m1/s1. The number of primary amides is 1. The third-order valence-corrected chi connectivity index (χ3v) is 12.2. The lowest BCUT2D eigenvalue weighted by Crippen LogP contribution is -2.74. The number of nitrogens with one attached hydrogen (secondary N) is 3. The molecule has 5 N–H and O–H groups in total. The fourth-order valence-corrected chi connectivity index (χ4v) is 9.74. The van der Waals surface area contributed by atoms with Gasteiger partial charge in [-0.05, 0) is 61.2 Å². The molecule has 3 saturated carbocycles. The van der Waals surface area contributed by atoms with Crippen LogP contribution in [0.4, 0.5) is 4.79 Å². The Morgan fingerprint density at radius 2 is 1.57 bits per heavy atom. The number of Topliss-reactive ketones (excluding diaryl/α,β-unsaturated/α-hetero) is 1.